The fourth-order valence-corrected chi connectivity index (χ4v) is 3.56. The Morgan fingerprint density at radius 3 is 2.44 bits per heavy atom. The highest BCUT2D eigenvalue weighted by atomic mass is 16.3. The van der Waals surface area contributed by atoms with Crippen molar-refractivity contribution in [1.29, 1.82) is 0 Å². The van der Waals surface area contributed by atoms with E-state index in [9.17, 15) is 14.7 Å². The van der Waals surface area contributed by atoms with Crippen molar-refractivity contribution in [1.82, 2.24) is 4.90 Å². The lowest BCUT2D eigenvalue weighted by molar-refractivity contribution is -0.122. The van der Waals surface area contributed by atoms with E-state index in [1.165, 1.54) is 0 Å². The highest BCUT2D eigenvalue weighted by molar-refractivity contribution is 6.10. The number of rotatable bonds is 3. The summed E-state index contributed by atoms with van der Waals surface area (Å²) in [5.41, 5.74) is 2.50. The zero-order valence-corrected chi connectivity index (χ0v) is 15.0. The van der Waals surface area contributed by atoms with Crippen LogP contribution in [0.2, 0.25) is 0 Å². The van der Waals surface area contributed by atoms with E-state index in [0.29, 0.717) is 12.2 Å². The highest BCUT2D eigenvalue weighted by Gasteiger charge is 2.28. The second-order valence-corrected chi connectivity index (χ2v) is 6.82. The average molecular weight is 366 g/mol. The third-order valence-corrected chi connectivity index (χ3v) is 5.02. The molecule has 2 aliphatic rings. The molecule has 0 bridgehead atoms. The van der Waals surface area contributed by atoms with E-state index >= 15 is 0 Å². The quantitative estimate of drug-likeness (QED) is 0.861. The zero-order chi connectivity index (χ0) is 18.8. The summed E-state index contributed by atoms with van der Waals surface area (Å²) in [6.45, 7) is 3.53. The highest BCUT2D eigenvalue weighted by Crippen LogP contribution is 2.29. The number of hydrogen-bond donors (Lipinski definition) is 2. The molecule has 2 aromatic carbocycles. The number of fused-ring (bicyclic) bond motifs is 1. The number of phenols is 1. The lowest BCUT2D eigenvalue weighted by atomic mass is 10.2. The molecule has 2 amide bonds. The summed E-state index contributed by atoms with van der Waals surface area (Å²) in [7, 11) is 0. The first-order chi connectivity index (χ1) is 13.1. The van der Waals surface area contributed by atoms with Crippen LogP contribution in [-0.2, 0) is 9.59 Å². The number of carbonyl (C=O) groups is 2. The Bertz CT molecular complexity index is 845. The summed E-state index contributed by atoms with van der Waals surface area (Å²) in [5.74, 6) is 0.0309. The van der Waals surface area contributed by atoms with Crippen molar-refractivity contribution in [3.8, 4) is 5.75 Å². The SMILES string of the molecule is O=C1CN(C(=O)CN2CCN(c3ccc(O)cc3)CC2)c2ccccc2N1. The van der Waals surface area contributed by atoms with Gasteiger partial charge in [-0.05, 0) is 36.4 Å². The molecule has 0 spiro atoms. The predicted octanol–water partition coefficient (Wildman–Crippen LogP) is 1.50. The number of amides is 2. The van der Waals surface area contributed by atoms with Gasteiger partial charge in [0.05, 0.1) is 17.9 Å². The van der Waals surface area contributed by atoms with Crippen LogP contribution < -0.4 is 15.1 Å². The fraction of sp³-hybridized carbons (Fsp3) is 0.300. The van der Waals surface area contributed by atoms with Crippen LogP contribution in [0.15, 0.2) is 48.5 Å². The van der Waals surface area contributed by atoms with Crippen LogP contribution in [0, 0.1) is 0 Å². The third kappa shape index (κ3) is 3.73. The van der Waals surface area contributed by atoms with Crippen molar-refractivity contribution < 1.29 is 14.7 Å². The number of benzene rings is 2. The van der Waals surface area contributed by atoms with Crippen molar-refractivity contribution in [3.05, 3.63) is 48.5 Å². The molecule has 2 aliphatic heterocycles. The van der Waals surface area contributed by atoms with Gasteiger partial charge in [0.15, 0.2) is 0 Å². The summed E-state index contributed by atoms with van der Waals surface area (Å²) < 4.78 is 0. The van der Waals surface area contributed by atoms with E-state index in [0.717, 1.165) is 37.6 Å². The number of piperazine rings is 1. The first kappa shape index (κ1) is 17.4. The monoisotopic (exact) mass is 366 g/mol. The number of para-hydroxylation sites is 2. The van der Waals surface area contributed by atoms with Gasteiger partial charge in [0.1, 0.15) is 12.3 Å². The minimum Gasteiger partial charge on any atom is -0.508 e. The normalized spacial score (nSPS) is 17.4. The standard InChI is InChI=1S/C20H22N4O3/c25-16-7-5-15(6-8-16)23-11-9-22(10-12-23)14-20(27)24-13-19(26)21-17-3-1-2-4-18(17)24/h1-8,25H,9-14H2,(H,21,26). The van der Waals surface area contributed by atoms with E-state index in [2.05, 4.69) is 15.1 Å². The molecule has 1 fully saturated rings. The minimum absolute atomic E-state index is 0.0588. The molecule has 7 heteroatoms. The molecule has 4 rings (SSSR count). The molecule has 27 heavy (non-hydrogen) atoms. The van der Waals surface area contributed by atoms with Gasteiger partial charge in [0.2, 0.25) is 11.8 Å². The van der Waals surface area contributed by atoms with Gasteiger partial charge in [0, 0.05) is 31.9 Å². The van der Waals surface area contributed by atoms with Crippen molar-refractivity contribution in [2.24, 2.45) is 0 Å². The van der Waals surface area contributed by atoms with Crippen LogP contribution in [0.5, 0.6) is 5.75 Å². The van der Waals surface area contributed by atoms with Crippen molar-refractivity contribution in [3.63, 3.8) is 0 Å². The average Bonchev–Trinajstić information content (AvgIpc) is 2.68. The molecule has 0 unspecified atom stereocenters. The molecule has 0 radical (unpaired) electrons. The second kappa shape index (κ2) is 7.28. The minimum atomic E-state index is -0.167. The predicted molar refractivity (Wildman–Crippen MR) is 104 cm³/mol. The van der Waals surface area contributed by atoms with Crippen LogP contribution in [0.3, 0.4) is 0 Å². The Morgan fingerprint density at radius 1 is 1.00 bits per heavy atom. The Labute approximate surface area is 157 Å². The zero-order valence-electron chi connectivity index (χ0n) is 15.0. The van der Waals surface area contributed by atoms with Crippen molar-refractivity contribution >= 4 is 28.9 Å². The smallest absolute Gasteiger partial charge is 0.244 e. The maximum atomic E-state index is 12.8. The number of nitrogens with one attached hydrogen (secondary N) is 1. The molecular weight excluding hydrogens is 344 g/mol. The fourth-order valence-electron chi connectivity index (χ4n) is 3.56. The molecule has 2 heterocycles. The maximum absolute atomic E-state index is 12.8. The molecule has 0 atom stereocenters. The topological polar surface area (TPSA) is 76.1 Å². The van der Waals surface area contributed by atoms with Crippen molar-refractivity contribution in [2.75, 3.05) is 54.4 Å². The molecular formula is C20H22N4O3. The molecule has 1 saturated heterocycles. The van der Waals surface area contributed by atoms with E-state index in [1.54, 1.807) is 17.0 Å². The lowest BCUT2D eigenvalue weighted by Gasteiger charge is -2.37. The van der Waals surface area contributed by atoms with E-state index in [4.69, 9.17) is 0 Å². The summed E-state index contributed by atoms with van der Waals surface area (Å²) in [5, 5.41) is 12.2. The summed E-state index contributed by atoms with van der Waals surface area (Å²) in [6, 6.07) is 14.5. The van der Waals surface area contributed by atoms with Gasteiger partial charge in [-0.25, -0.2) is 0 Å². The van der Waals surface area contributed by atoms with Gasteiger partial charge in [-0.1, -0.05) is 12.1 Å². The van der Waals surface area contributed by atoms with Gasteiger partial charge in [-0.15, -0.1) is 0 Å². The third-order valence-electron chi connectivity index (χ3n) is 5.02. The Kier molecular flexibility index (Phi) is 4.68. The van der Waals surface area contributed by atoms with Crippen LogP contribution in [-0.4, -0.2) is 61.1 Å². The van der Waals surface area contributed by atoms with Crippen LogP contribution in [0.1, 0.15) is 0 Å². The molecule has 7 nitrogen and oxygen atoms in total. The summed E-state index contributed by atoms with van der Waals surface area (Å²) >= 11 is 0. The first-order valence-electron chi connectivity index (χ1n) is 9.06. The van der Waals surface area contributed by atoms with Crippen LogP contribution in [0.25, 0.3) is 0 Å². The Morgan fingerprint density at radius 2 is 1.70 bits per heavy atom. The Hall–Kier alpha value is -3.06. The Balaban J connectivity index is 1.37. The van der Waals surface area contributed by atoms with Gasteiger partial charge in [0.25, 0.3) is 0 Å². The van der Waals surface area contributed by atoms with E-state index in [-0.39, 0.29) is 24.1 Å². The number of phenolic OH excluding ortho intramolecular Hbond substituents is 1. The van der Waals surface area contributed by atoms with Gasteiger partial charge < -0.3 is 15.3 Å². The van der Waals surface area contributed by atoms with Crippen molar-refractivity contribution in [2.45, 2.75) is 0 Å². The number of nitrogens with zero attached hydrogens (tertiary/aromatic N) is 3. The molecule has 0 saturated carbocycles. The summed E-state index contributed by atoms with van der Waals surface area (Å²) in [6.07, 6.45) is 0. The first-order valence-corrected chi connectivity index (χ1v) is 9.06. The van der Waals surface area contributed by atoms with E-state index < -0.39 is 0 Å². The van der Waals surface area contributed by atoms with Crippen LogP contribution in [0.4, 0.5) is 17.1 Å². The number of hydrogen-bond acceptors (Lipinski definition) is 5. The largest absolute Gasteiger partial charge is 0.508 e. The van der Waals surface area contributed by atoms with E-state index in [1.807, 2.05) is 36.4 Å². The maximum Gasteiger partial charge on any atom is 0.244 e. The van der Waals surface area contributed by atoms with Gasteiger partial charge >= 0.3 is 0 Å². The number of anilines is 3. The van der Waals surface area contributed by atoms with Gasteiger partial charge in [-0.3, -0.25) is 19.4 Å². The molecule has 2 aromatic rings. The molecule has 140 valence electrons. The lowest BCUT2D eigenvalue weighted by Crippen LogP contribution is -2.52. The second-order valence-electron chi connectivity index (χ2n) is 6.82. The summed E-state index contributed by atoms with van der Waals surface area (Å²) in [4.78, 5) is 30.7. The molecule has 0 aromatic heterocycles. The number of aromatic hydroxyl groups is 1. The van der Waals surface area contributed by atoms with Crippen LogP contribution >= 0.6 is 0 Å². The molecule has 0 aliphatic carbocycles. The number of carbonyl (C=O) groups excluding carboxylic acids is 2. The molecule has 2 N–H and O–H groups in total. The van der Waals surface area contributed by atoms with Gasteiger partial charge in [-0.2, -0.15) is 0 Å².